The van der Waals surface area contributed by atoms with Crippen molar-refractivity contribution in [3.63, 3.8) is 0 Å². The molecule has 1 atom stereocenters. The van der Waals surface area contributed by atoms with Gasteiger partial charge in [-0.05, 0) is 25.5 Å². The van der Waals surface area contributed by atoms with Crippen molar-refractivity contribution in [3.05, 3.63) is 24.5 Å². The summed E-state index contributed by atoms with van der Waals surface area (Å²) in [4.78, 5) is 4.04. The van der Waals surface area contributed by atoms with Crippen molar-refractivity contribution in [2.24, 2.45) is 0 Å². The first-order chi connectivity index (χ1) is 5.83. The topological polar surface area (TPSA) is 24.9 Å². The Kier molecular flexibility index (Phi) is 3.58. The lowest BCUT2D eigenvalue weighted by atomic mass is 10.2. The minimum absolute atomic E-state index is 0.541. The average molecular weight is 164 g/mol. The molecule has 1 heterocycles. The van der Waals surface area contributed by atoms with Gasteiger partial charge in [0.05, 0.1) is 5.69 Å². The van der Waals surface area contributed by atoms with E-state index in [1.165, 1.54) is 12.8 Å². The van der Waals surface area contributed by atoms with E-state index >= 15 is 0 Å². The van der Waals surface area contributed by atoms with Gasteiger partial charge >= 0.3 is 0 Å². The van der Waals surface area contributed by atoms with Gasteiger partial charge in [0, 0.05) is 18.4 Å². The van der Waals surface area contributed by atoms with Crippen molar-refractivity contribution in [2.45, 2.75) is 32.7 Å². The van der Waals surface area contributed by atoms with Crippen molar-refractivity contribution in [1.29, 1.82) is 0 Å². The van der Waals surface area contributed by atoms with E-state index in [1.807, 2.05) is 18.3 Å². The van der Waals surface area contributed by atoms with E-state index in [4.69, 9.17) is 0 Å². The van der Waals surface area contributed by atoms with E-state index in [1.54, 1.807) is 6.20 Å². The number of rotatable bonds is 4. The summed E-state index contributed by atoms with van der Waals surface area (Å²) in [5.74, 6) is 0. The number of aromatic nitrogens is 1. The van der Waals surface area contributed by atoms with Gasteiger partial charge in [-0.15, -0.1) is 0 Å². The molecule has 0 fully saturated rings. The average Bonchev–Trinajstić information content (AvgIpc) is 2.06. The van der Waals surface area contributed by atoms with Gasteiger partial charge in [0.25, 0.3) is 0 Å². The Morgan fingerprint density at radius 2 is 2.42 bits per heavy atom. The normalized spacial score (nSPS) is 12.5. The quantitative estimate of drug-likeness (QED) is 0.740. The second kappa shape index (κ2) is 4.75. The van der Waals surface area contributed by atoms with E-state index in [0.717, 1.165) is 5.69 Å². The highest BCUT2D eigenvalue weighted by molar-refractivity contribution is 5.40. The minimum Gasteiger partial charge on any atom is -0.381 e. The molecule has 0 aliphatic rings. The summed E-state index contributed by atoms with van der Waals surface area (Å²) in [6.07, 6.45) is 6.06. The zero-order valence-corrected chi connectivity index (χ0v) is 7.75. The summed E-state index contributed by atoms with van der Waals surface area (Å²) in [5, 5.41) is 3.38. The van der Waals surface area contributed by atoms with Crippen molar-refractivity contribution >= 4 is 5.69 Å². The fourth-order valence-electron chi connectivity index (χ4n) is 1.24. The summed E-state index contributed by atoms with van der Waals surface area (Å²) < 4.78 is 0. The molecule has 66 valence electrons. The fraction of sp³-hybridized carbons (Fsp3) is 0.500. The maximum atomic E-state index is 4.04. The second-order valence-corrected chi connectivity index (χ2v) is 3.08. The third-order valence-corrected chi connectivity index (χ3v) is 1.80. The number of nitrogens with one attached hydrogen (secondary N) is 1. The van der Waals surface area contributed by atoms with Crippen molar-refractivity contribution in [1.82, 2.24) is 4.98 Å². The predicted octanol–water partition coefficient (Wildman–Crippen LogP) is 2.68. The molecule has 0 aliphatic heterocycles. The standard InChI is InChI=1S/C10H16N2/c1-3-5-9(2)12-10-6-4-7-11-8-10/h4,6-9,12H,3,5H2,1-2H3. The van der Waals surface area contributed by atoms with Crippen LogP contribution in [0.3, 0.4) is 0 Å². The number of pyridine rings is 1. The van der Waals surface area contributed by atoms with Gasteiger partial charge in [0.1, 0.15) is 0 Å². The lowest BCUT2D eigenvalue weighted by molar-refractivity contribution is 0.690. The zero-order valence-electron chi connectivity index (χ0n) is 7.75. The third-order valence-electron chi connectivity index (χ3n) is 1.80. The Morgan fingerprint density at radius 3 is 3.00 bits per heavy atom. The van der Waals surface area contributed by atoms with E-state index in [0.29, 0.717) is 6.04 Å². The highest BCUT2D eigenvalue weighted by Crippen LogP contribution is 2.07. The molecule has 0 saturated heterocycles. The molecule has 0 amide bonds. The number of hydrogen-bond acceptors (Lipinski definition) is 2. The van der Waals surface area contributed by atoms with Crippen molar-refractivity contribution in [3.8, 4) is 0 Å². The van der Waals surface area contributed by atoms with Crippen LogP contribution in [0.5, 0.6) is 0 Å². The smallest absolute Gasteiger partial charge is 0.0528 e. The Morgan fingerprint density at radius 1 is 1.58 bits per heavy atom. The van der Waals surface area contributed by atoms with Crippen LogP contribution in [0.4, 0.5) is 5.69 Å². The Bertz CT molecular complexity index is 208. The minimum atomic E-state index is 0.541. The fourth-order valence-corrected chi connectivity index (χ4v) is 1.24. The molecule has 1 aromatic rings. The molecular weight excluding hydrogens is 148 g/mol. The Labute approximate surface area is 74.0 Å². The largest absolute Gasteiger partial charge is 0.381 e. The summed E-state index contributed by atoms with van der Waals surface area (Å²) in [5.41, 5.74) is 1.11. The first-order valence-electron chi connectivity index (χ1n) is 4.49. The lowest BCUT2D eigenvalue weighted by Gasteiger charge is -2.13. The van der Waals surface area contributed by atoms with Crippen LogP contribution in [-0.2, 0) is 0 Å². The monoisotopic (exact) mass is 164 g/mol. The van der Waals surface area contributed by atoms with E-state index in [9.17, 15) is 0 Å². The van der Waals surface area contributed by atoms with Gasteiger partial charge < -0.3 is 5.32 Å². The number of nitrogens with zero attached hydrogens (tertiary/aromatic N) is 1. The number of anilines is 1. The van der Waals surface area contributed by atoms with Crippen LogP contribution in [0.1, 0.15) is 26.7 Å². The van der Waals surface area contributed by atoms with Crippen molar-refractivity contribution in [2.75, 3.05) is 5.32 Å². The van der Waals surface area contributed by atoms with Crippen LogP contribution < -0.4 is 5.32 Å². The van der Waals surface area contributed by atoms with E-state index < -0.39 is 0 Å². The molecule has 2 heteroatoms. The molecule has 0 spiro atoms. The molecular formula is C10H16N2. The van der Waals surface area contributed by atoms with Crippen molar-refractivity contribution < 1.29 is 0 Å². The molecule has 0 radical (unpaired) electrons. The van der Waals surface area contributed by atoms with Gasteiger partial charge in [-0.1, -0.05) is 13.3 Å². The zero-order chi connectivity index (χ0) is 8.81. The molecule has 0 bridgehead atoms. The summed E-state index contributed by atoms with van der Waals surface area (Å²) in [6, 6.07) is 4.53. The van der Waals surface area contributed by atoms with Gasteiger partial charge in [0.2, 0.25) is 0 Å². The van der Waals surface area contributed by atoms with E-state index in [-0.39, 0.29) is 0 Å². The first kappa shape index (κ1) is 9.04. The number of hydrogen-bond donors (Lipinski definition) is 1. The van der Waals surface area contributed by atoms with Crippen LogP contribution in [0.25, 0.3) is 0 Å². The van der Waals surface area contributed by atoms with Crippen LogP contribution in [0.15, 0.2) is 24.5 Å². The molecule has 1 N–H and O–H groups in total. The lowest BCUT2D eigenvalue weighted by Crippen LogP contribution is -2.14. The van der Waals surface area contributed by atoms with Crippen LogP contribution in [0, 0.1) is 0 Å². The predicted molar refractivity (Wildman–Crippen MR) is 52.2 cm³/mol. The summed E-state index contributed by atoms with van der Waals surface area (Å²) in [7, 11) is 0. The molecule has 0 aliphatic carbocycles. The van der Waals surface area contributed by atoms with Gasteiger partial charge in [0.15, 0.2) is 0 Å². The third kappa shape index (κ3) is 2.91. The molecule has 1 rings (SSSR count). The molecule has 1 aromatic heterocycles. The molecule has 0 saturated carbocycles. The Hall–Kier alpha value is -1.05. The summed E-state index contributed by atoms with van der Waals surface area (Å²) >= 11 is 0. The van der Waals surface area contributed by atoms with Crippen LogP contribution in [0.2, 0.25) is 0 Å². The Balaban J connectivity index is 2.41. The van der Waals surface area contributed by atoms with E-state index in [2.05, 4.69) is 24.1 Å². The maximum absolute atomic E-state index is 4.04. The highest BCUT2D eigenvalue weighted by atomic mass is 14.9. The van der Waals surface area contributed by atoms with Gasteiger partial charge in [-0.3, -0.25) is 4.98 Å². The maximum Gasteiger partial charge on any atom is 0.0528 e. The SMILES string of the molecule is CCCC(C)Nc1cccnc1. The molecule has 2 nitrogen and oxygen atoms in total. The second-order valence-electron chi connectivity index (χ2n) is 3.08. The molecule has 1 unspecified atom stereocenters. The molecule has 0 aromatic carbocycles. The van der Waals surface area contributed by atoms with Crippen LogP contribution >= 0.6 is 0 Å². The van der Waals surface area contributed by atoms with Gasteiger partial charge in [-0.2, -0.15) is 0 Å². The molecule has 12 heavy (non-hydrogen) atoms. The van der Waals surface area contributed by atoms with Gasteiger partial charge in [-0.25, -0.2) is 0 Å². The highest BCUT2D eigenvalue weighted by Gasteiger charge is 1.98. The summed E-state index contributed by atoms with van der Waals surface area (Å²) in [6.45, 7) is 4.39. The van der Waals surface area contributed by atoms with Crippen LogP contribution in [-0.4, -0.2) is 11.0 Å². The first-order valence-corrected chi connectivity index (χ1v) is 4.49.